The van der Waals surface area contributed by atoms with Gasteiger partial charge in [0.1, 0.15) is 5.82 Å². The first kappa shape index (κ1) is 9.21. The Morgan fingerprint density at radius 2 is 2.38 bits per heavy atom. The maximum Gasteiger partial charge on any atom is 0.409 e. The van der Waals surface area contributed by atoms with Crippen LogP contribution < -0.4 is 5.32 Å². The number of nitrogens with zero attached hydrogens (tertiary/aromatic N) is 2. The zero-order valence-corrected chi connectivity index (χ0v) is 8.60. The average Bonchev–Trinajstić information content (AvgIpc) is 2.75. The Morgan fingerprint density at radius 3 is 3.19 bits per heavy atom. The maximum atomic E-state index is 10.5. The Bertz CT molecular complexity index is 574. The van der Waals surface area contributed by atoms with Crippen LogP contribution in [0.1, 0.15) is 12.2 Å². The average molecular weight is 217 g/mol. The van der Waals surface area contributed by atoms with Gasteiger partial charge in [-0.2, -0.15) is 0 Å². The van der Waals surface area contributed by atoms with E-state index in [1.807, 2.05) is 6.07 Å². The van der Waals surface area contributed by atoms with Crippen molar-refractivity contribution in [3.63, 3.8) is 0 Å². The molecule has 0 unspecified atom stereocenters. The molecule has 0 atom stereocenters. The molecule has 5 nitrogen and oxygen atoms in total. The second-order valence-electron chi connectivity index (χ2n) is 3.92. The predicted octanol–water partition coefficient (Wildman–Crippen LogP) is 2.07. The minimum atomic E-state index is -1.05. The van der Waals surface area contributed by atoms with Gasteiger partial charge in [-0.3, -0.25) is 5.32 Å². The Labute approximate surface area is 91.7 Å². The molecule has 1 aliphatic heterocycles. The van der Waals surface area contributed by atoms with E-state index in [0.29, 0.717) is 5.69 Å². The van der Waals surface area contributed by atoms with Crippen molar-refractivity contribution in [2.24, 2.45) is 0 Å². The number of aryl methyl sites for hydroxylation is 2. The first-order valence-electron chi connectivity index (χ1n) is 5.23. The lowest BCUT2D eigenvalue weighted by atomic mass is 10.2. The number of imidazole rings is 1. The molecule has 1 aromatic heterocycles. The molecule has 0 radical (unpaired) electrons. The number of hydrogen-bond donors (Lipinski definition) is 2. The number of rotatable bonds is 1. The van der Waals surface area contributed by atoms with Crippen molar-refractivity contribution in [2.45, 2.75) is 19.4 Å². The highest BCUT2D eigenvalue weighted by Crippen LogP contribution is 2.24. The summed E-state index contributed by atoms with van der Waals surface area (Å²) in [5.41, 5.74) is 2.51. The van der Waals surface area contributed by atoms with Crippen LogP contribution in [0.5, 0.6) is 0 Å². The SMILES string of the molecule is O=C(O)Nc1ccc2c(c1)nc1n2CCC1. The number of fused-ring (bicyclic) bond motifs is 3. The molecule has 0 aliphatic carbocycles. The highest BCUT2D eigenvalue weighted by Gasteiger charge is 2.15. The van der Waals surface area contributed by atoms with Crippen LogP contribution in [0.3, 0.4) is 0 Å². The minimum absolute atomic E-state index is 0.566. The van der Waals surface area contributed by atoms with Gasteiger partial charge in [0.05, 0.1) is 11.0 Å². The van der Waals surface area contributed by atoms with Crippen LogP contribution in [0.15, 0.2) is 18.2 Å². The molecule has 2 N–H and O–H groups in total. The summed E-state index contributed by atoms with van der Waals surface area (Å²) in [6, 6.07) is 5.46. The highest BCUT2D eigenvalue weighted by molar-refractivity contribution is 5.88. The van der Waals surface area contributed by atoms with E-state index >= 15 is 0 Å². The molecule has 3 rings (SSSR count). The lowest BCUT2D eigenvalue weighted by molar-refractivity contribution is 0.210. The number of benzene rings is 1. The van der Waals surface area contributed by atoms with E-state index in [1.165, 1.54) is 0 Å². The van der Waals surface area contributed by atoms with Crippen LogP contribution in [-0.4, -0.2) is 20.8 Å². The van der Waals surface area contributed by atoms with Crippen LogP contribution in [0.4, 0.5) is 10.5 Å². The molecule has 1 amide bonds. The first-order chi connectivity index (χ1) is 7.74. The summed E-state index contributed by atoms with van der Waals surface area (Å²) in [7, 11) is 0. The zero-order chi connectivity index (χ0) is 11.1. The van der Waals surface area contributed by atoms with Crippen molar-refractivity contribution in [1.29, 1.82) is 0 Å². The number of anilines is 1. The summed E-state index contributed by atoms with van der Waals surface area (Å²) in [6.45, 7) is 1.01. The molecular weight excluding hydrogens is 206 g/mol. The van der Waals surface area contributed by atoms with Gasteiger partial charge in [0.2, 0.25) is 0 Å². The van der Waals surface area contributed by atoms with Crippen molar-refractivity contribution >= 4 is 22.8 Å². The fraction of sp³-hybridized carbons (Fsp3) is 0.273. The Balaban J connectivity index is 2.09. The lowest BCUT2D eigenvalue weighted by Crippen LogP contribution is -2.06. The van der Waals surface area contributed by atoms with E-state index in [2.05, 4.69) is 14.9 Å². The van der Waals surface area contributed by atoms with Crippen LogP contribution in [0, 0.1) is 0 Å². The second kappa shape index (κ2) is 3.23. The van der Waals surface area contributed by atoms with Crippen molar-refractivity contribution in [2.75, 3.05) is 5.32 Å². The molecule has 0 saturated carbocycles. The summed E-state index contributed by atoms with van der Waals surface area (Å²) in [4.78, 5) is 15.0. The van der Waals surface area contributed by atoms with Gasteiger partial charge in [0, 0.05) is 18.7 Å². The van der Waals surface area contributed by atoms with Gasteiger partial charge in [-0.15, -0.1) is 0 Å². The number of carboxylic acid groups (broad SMARTS) is 1. The largest absolute Gasteiger partial charge is 0.465 e. The van der Waals surface area contributed by atoms with Gasteiger partial charge in [0.25, 0.3) is 0 Å². The van der Waals surface area contributed by atoms with Crippen molar-refractivity contribution < 1.29 is 9.90 Å². The molecule has 5 heteroatoms. The van der Waals surface area contributed by atoms with E-state index in [-0.39, 0.29) is 0 Å². The lowest BCUT2D eigenvalue weighted by Gasteiger charge is -2.01. The molecule has 0 bridgehead atoms. The van der Waals surface area contributed by atoms with Gasteiger partial charge in [0.15, 0.2) is 0 Å². The zero-order valence-electron chi connectivity index (χ0n) is 8.60. The van der Waals surface area contributed by atoms with Gasteiger partial charge < -0.3 is 9.67 Å². The van der Waals surface area contributed by atoms with Crippen molar-refractivity contribution in [3.05, 3.63) is 24.0 Å². The number of amides is 1. The summed E-state index contributed by atoms with van der Waals surface area (Å²) < 4.78 is 2.19. The summed E-state index contributed by atoms with van der Waals surface area (Å²) in [6.07, 6.45) is 1.11. The Hall–Kier alpha value is -2.04. The molecule has 2 heterocycles. The molecule has 1 aliphatic rings. The highest BCUT2D eigenvalue weighted by atomic mass is 16.4. The summed E-state index contributed by atoms with van der Waals surface area (Å²) >= 11 is 0. The summed E-state index contributed by atoms with van der Waals surface area (Å²) in [5, 5.41) is 10.9. The number of hydrogen-bond acceptors (Lipinski definition) is 2. The Morgan fingerprint density at radius 1 is 1.50 bits per heavy atom. The molecule has 0 fully saturated rings. The smallest absolute Gasteiger partial charge is 0.409 e. The number of carbonyl (C=O) groups is 1. The quantitative estimate of drug-likeness (QED) is 0.768. The van der Waals surface area contributed by atoms with Crippen molar-refractivity contribution in [1.82, 2.24) is 9.55 Å². The molecule has 1 aromatic carbocycles. The van der Waals surface area contributed by atoms with E-state index in [9.17, 15) is 4.79 Å². The van der Waals surface area contributed by atoms with Gasteiger partial charge in [-0.1, -0.05) is 0 Å². The van der Waals surface area contributed by atoms with E-state index < -0.39 is 6.09 Å². The van der Waals surface area contributed by atoms with E-state index in [1.54, 1.807) is 12.1 Å². The topological polar surface area (TPSA) is 67.2 Å². The second-order valence-corrected chi connectivity index (χ2v) is 3.92. The fourth-order valence-corrected chi connectivity index (χ4v) is 2.22. The minimum Gasteiger partial charge on any atom is -0.465 e. The van der Waals surface area contributed by atoms with Gasteiger partial charge >= 0.3 is 6.09 Å². The molecule has 0 spiro atoms. The van der Waals surface area contributed by atoms with Crippen molar-refractivity contribution in [3.8, 4) is 0 Å². The van der Waals surface area contributed by atoms with Crippen LogP contribution in [0.25, 0.3) is 11.0 Å². The third-order valence-corrected chi connectivity index (χ3v) is 2.86. The van der Waals surface area contributed by atoms with Gasteiger partial charge in [-0.05, 0) is 24.6 Å². The third kappa shape index (κ3) is 1.32. The first-order valence-corrected chi connectivity index (χ1v) is 5.23. The van der Waals surface area contributed by atoms with Crippen LogP contribution in [0.2, 0.25) is 0 Å². The summed E-state index contributed by atoms with van der Waals surface area (Å²) in [5.74, 6) is 1.10. The van der Waals surface area contributed by atoms with Crippen LogP contribution in [-0.2, 0) is 13.0 Å². The fourth-order valence-electron chi connectivity index (χ4n) is 2.22. The molecule has 0 saturated heterocycles. The maximum absolute atomic E-state index is 10.5. The van der Waals surface area contributed by atoms with E-state index in [4.69, 9.17) is 5.11 Å². The Kier molecular flexibility index (Phi) is 1.86. The molecule has 2 aromatic rings. The van der Waals surface area contributed by atoms with E-state index in [0.717, 1.165) is 36.2 Å². The monoisotopic (exact) mass is 217 g/mol. The predicted molar refractivity (Wildman–Crippen MR) is 59.7 cm³/mol. The normalized spacial score (nSPS) is 14.0. The third-order valence-electron chi connectivity index (χ3n) is 2.86. The number of aromatic nitrogens is 2. The number of nitrogens with one attached hydrogen (secondary N) is 1. The van der Waals surface area contributed by atoms with Crippen LogP contribution >= 0.6 is 0 Å². The van der Waals surface area contributed by atoms with Gasteiger partial charge in [-0.25, -0.2) is 9.78 Å². The standard InChI is InChI=1S/C11H11N3O2/c15-11(16)12-7-3-4-9-8(6-7)13-10-2-1-5-14(9)10/h3-4,6,12H,1-2,5H2,(H,15,16). The molecule has 16 heavy (non-hydrogen) atoms. The molecule has 82 valence electrons. The molecular formula is C11H11N3O2.